The molecule has 4 saturated heterocycles. The van der Waals surface area contributed by atoms with E-state index in [9.17, 15) is 19.2 Å². The van der Waals surface area contributed by atoms with Gasteiger partial charge in [-0.15, -0.1) is 0 Å². The van der Waals surface area contributed by atoms with E-state index >= 15 is 0 Å². The van der Waals surface area contributed by atoms with Gasteiger partial charge in [0.15, 0.2) is 0 Å². The zero-order valence-electron chi connectivity index (χ0n) is 43.0. The molecule has 4 N–H and O–H groups in total. The first-order chi connectivity index (χ1) is 34.7. The van der Waals surface area contributed by atoms with Crippen LogP contribution in [0, 0.1) is 11.8 Å². The lowest BCUT2D eigenvalue weighted by Crippen LogP contribution is -2.54. The van der Waals surface area contributed by atoms with Gasteiger partial charge in [0, 0.05) is 17.6 Å². The van der Waals surface area contributed by atoms with Crippen molar-refractivity contribution >= 4 is 34.8 Å². The van der Waals surface area contributed by atoms with Crippen LogP contribution in [0.5, 0.6) is 0 Å². The maximum Gasteiger partial charge on any atom is 0.407 e. The van der Waals surface area contributed by atoms with Crippen LogP contribution in [0.4, 0.5) is 9.59 Å². The molecule has 0 bridgehead atoms. The van der Waals surface area contributed by atoms with Crippen molar-refractivity contribution < 1.29 is 38.1 Å². The fraction of sp³-hybridized carbons (Fsp3) is 0.536. The van der Waals surface area contributed by atoms with Gasteiger partial charge in [-0.1, -0.05) is 48.5 Å². The minimum Gasteiger partial charge on any atom is -0.453 e. The van der Waals surface area contributed by atoms with Crippen LogP contribution in [0.25, 0.3) is 44.4 Å². The summed E-state index contributed by atoms with van der Waals surface area (Å²) < 4.78 is 22.2. The number of carbonyl (C=O) groups excluding carboxylic acids is 4. The van der Waals surface area contributed by atoms with E-state index in [-0.39, 0.29) is 72.2 Å². The summed E-state index contributed by atoms with van der Waals surface area (Å²) >= 11 is 0. The van der Waals surface area contributed by atoms with Gasteiger partial charge in [0.05, 0.1) is 74.5 Å². The molecule has 4 fully saturated rings. The summed E-state index contributed by atoms with van der Waals surface area (Å²) in [4.78, 5) is 74.9. The van der Waals surface area contributed by atoms with Crippen LogP contribution in [0.15, 0.2) is 73.1 Å². The molecular weight excluding hydrogens is 913 g/mol. The summed E-state index contributed by atoms with van der Waals surface area (Å²) in [5.41, 5.74) is 5.86. The van der Waals surface area contributed by atoms with Crippen LogP contribution in [0.1, 0.15) is 129 Å². The first kappa shape index (κ1) is 50.7. The normalized spacial score (nSPS) is 27.7. The maximum atomic E-state index is 14.6. The van der Waals surface area contributed by atoms with Crippen LogP contribution < -0.4 is 10.6 Å². The monoisotopic (exact) mass is 985 g/mol. The summed E-state index contributed by atoms with van der Waals surface area (Å²) in [6.07, 6.45) is 10.2. The number of hydrogen-bond donors (Lipinski definition) is 4. The number of H-pyrrole nitrogens is 2. The number of likely N-dealkylation sites (tertiary alicyclic amines) is 2. The number of nitrogens with one attached hydrogen (secondary N) is 4. The number of hydrogen-bond acceptors (Lipinski definition) is 10. The van der Waals surface area contributed by atoms with Gasteiger partial charge >= 0.3 is 12.2 Å². The van der Waals surface area contributed by atoms with Gasteiger partial charge in [0.2, 0.25) is 11.8 Å². The Morgan fingerprint density at radius 1 is 0.542 bits per heavy atom. The number of nitrogens with zero attached hydrogens (tertiary/aromatic N) is 4. The highest BCUT2D eigenvalue weighted by atomic mass is 16.5. The van der Waals surface area contributed by atoms with Crippen molar-refractivity contribution in [2.24, 2.45) is 11.8 Å². The molecule has 6 heterocycles. The molecule has 0 aliphatic carbocycles. The first-order valence-corrected chi connectivity index (χ1v) is 26.1. The fourth-order valence-electron chi connectivity index (χ4n) is 12.1. The third-order valence-corrected chi connectivity index (χ3v) is 15.8. The highest BCUT2D eigenvalue weighted by Gasteiger charge is 2.45. The topological polar surface area (TPSA) is 193 Å². The molecule has 2 aromatic heterocycles. The number of carbonyl (C=O) groups is 4. The quantitative estimate of drug-likeness (QED) is 0.0990. The number of benzene rings is 3. The smallest absolute Gasteiger partial charge is 0.407 e. The maximum absolute atomic E-state index is 14.6. The van der Waals surface area contributed by atoms with Gasteiger partial charge in [-0.2, -0.15) is 0 Å². The highest BCUT2D eigenvalue weighted by Crippen LogP contribution is 2.40. The van der Waals surface area contributed by atoms with Crippen molar-refractivity contribution in [2.45, 2.75) is 166 Å². The highest BCUT2D eigenvalue weighted by molar-refractivity contribution is 5.91. The second-order valence-corrected chi connectivity index (χ2v) is 21.0. The van der Waals surface area contributed by atoms with Crippen molar-refractivity contribution in [3.63, 3.8) is 0 Å². The third-order valence-electron chi connectivity index (χ3n) is 15.8. The zero-order valence-corrected chi connectivity index (χ0v) is 43.0. The Kier molecular flexibility index (Phi) is 15.4. The van der Waals surface area contributed by atoms with Crippen molar-refractivity contribution in [1.82, 2.24) is 40.4 Å². The van der Waals surface area contributed by atoms with E-state index < -0.39 is 24.3 Å². The number of methoxy groups -OCH3 is 2. The third kappa shape index (κ3) is 10.9. The zero-order chi connectivity index (χ0) is 50.8. The molecule has 72 heavy (non-hydrogen) atoms. The van der Waals surface area contributed by atoms with Crippen LogP contribution >= 0.6 is 0 Å². The average Bonchev–Trinajstić information content (AvgIpc) is 4.18. The van der Waals surface area contributed by atoms with Gasteiger partial charge in [0.1, 0.15) is 23.7 Å². The van der Waals surface area contributed by atoms with E-state index in [4.69, 9.17) is 28.9 Å². The van der Waals surface area contributed by atoms with Gasteiger partial charge in [0.25, 0.3) is 0 Å². The largest absolute Gasteiger partial charge is 0.453 e. The minimum atomic E-state index is -0.739. The lowest BCUT2D eigenvalue weighted by molar-refractivity contribution is -0.138. The molecule has 0 saturated carbocycles. The van der Waals surface area contributed by atoms with Gasteiger partial charge < -0.3 is 49.3 Å². The van der Waals surface area contributed by atoms with E-state index in [1.54, 1.807) is 0 Å². The van der Waals surface area contributed by atoms with E-state index in [2.05, 4.69) is 109 Å². The summed E-state index contributed by atoms with van der Waals surface area (Å²) in [5, 5.41) is 8.00. The number of aromatic amines is 2. The van der Waals surface area contributed by atoms with Gasteiger partial charge in [-0.3, -0.25) is 9.59 Å². The summed E-state index contributed by atoms with van der Waals surface area (Å²) in [6.45, 7) is 12.3. The minimum absolute atomic E-state index is 0.0302. The second-order valence-electron chi connectivity index (χ2n) is 21.0. The Labute approximate surface area is 422 Å². The molecule has 12 atom stereocenters. The van der Waals surface area contributed by atoms with Crippen molar-refractivity contribution in [2.75, 3.05) is 14.2 Å². The molecule has 2 unspecified atom stereocenters. The lowest BCUT2D eigenvalue weighted by atomic mass is 9.88. The fourth-order valence-corrected chi connectivity index (χ4v) is 12.1. The van der Waals surface area contributed by atoms with E-state index in [0.29, 0.717) is 12.8 Å². The molecule has 5 aromatic rings. The number of fused-ring (bicyclic) bond motifs is 1. The van der Waals surface area contributed by atoms with E-state index in [1.165, 1.54) is 14.2 Å². The van der Waals surface area contributed by atoms with Crippen LogP contribution in [-0.4, -0.2) is 117 Å². The number of ether oxygens (including phenoxy) is 4. The Morgan fingerprint density at radius 3 is 1.43 bits per heavy atom. The molecule has 9 rings (SSSR count). The molecule has 4 amide bonds. The number of rotatable bonds is 11. The predicted molar refractivity (Wildman–Crippen MR) is 274 cm³/mol. The molecule has 3 aromatic carbocycles. The van der Waals surface area contributed by atoms with Crippen molar-refractivity contribution in [1.29, 1.82) is 0 Å². The number of amides is 4. The Balaban J connectivity index is 0.877. The molecule has 16 nitrogen and oxygen atoms in total. The predicted octanol–water partition coefficient (Wildman–Crippen LogP) is 10.0. The molecule has 4 aliphatic rings. The van der Waals surface area contributed by atoms with Crippen molar-refractivity contribution in [3.05, 3.63) is 84.7 Å². The molecule has 0 radical (unpaired) electrons. The number of alkyl carbamates (subject to hydrolysis) is 2. The lowest BCUT2D eigenvalue weighted by Gasteiger charge is -2.35. The molecule has 384 valence electrons. The average molecular weight is 985 g/mol. The van der Waals surface area contributed by atoms with Crippen molar-refractivity contribution in [3.8, 4) is 33.6 Å². The SMILES string of the molecule is COC(=O)NC(C(=O)N1[C@@H](C)CC[C@H]1c1ncc(-c2ccc3cc(-c4ccc(-c5cnc([C@@H]6CC[C@H](C)N6C(=O)C(NC(=O)OC)[C@H]6CC[C@@H](C)O[C@@H](C)C6)[nH]5)cc4)ccc3c2)[nH]1)[C@@H]1CC[C@H](C)O[C@H](C)C1. The molecule has 4 aliphatic heterocycles. The molecule has 0 spiro atoms. The molecular formula is C56H72N8O8. The van der Waals surface area contributed by atoms with Crippen LogP contribution in [0.2, 0.25) is 0 Å². The Morgan fingerprint density at radius 2 is 0.958 bits per heavy atom. The van der Waals surface area contributed by atoms with Gasteiger partial charge in [-0.05, 0) is 157 Å². The number of aromatic nitrogens is 4. The molecule has 16 heteroatoms. The Bertz CT molecular complexity index is 2720. The second kappa shape index (κ2) is 21.8. The summed E-state index contributed by atoms with van der Waals surface area (Å²) in [6, 6.07) is 19.2. The van der Waals surface area contributed by atoms with E-state index in [1.807, 2.05) is 36.0 Å². The first-order valence-electron chi connectivity index (χ1n) is 26.1. The van der Waals surface area contributed by atoms with Crippen LogP contribution in [-0.2, 0) is 28.5 Å². The standard InChI is InChI=1S/C56H72N8O8/c1-31-9-23-47(63(31)53(65)49(61-55(67)69-7)43-13-11-33(3)71-35(5)25-43)51-57-29-45(59-51)38-17-15-37(16-18-38)39-19-20-41-28-42(22-21-40(41)27-39)46-30-58-52(60-46)48-24-10-32(2)64(48)54(66)50(62-56(68)70-8)44-14-12-34(4)72-36(6)26-44/h15-22,27-36,43-44,47-50H,9-14,23-26H2,1-8H3,(H,57,59)(H,58,60)(H,61,67)(H,62,68)/t31-,32-,33+,34-,35-,36+,43-,44+,47-,48-,49?,50?/m0/s1. The Hall–Kier alpha value is -6.26. The summed E-state index contributed by atoms with van der Waals surface area (Å²) in [7, 11) is 2.65. The number of imidazole rings is 2. The van der Waals surface area contributed by atoms with Crippen LogP contribution in [0.3, 0.4) is 0 Å². The van der Waals surface area contributed by atoms with E-state index in [0.717, 1.165) is 107 Å². The summed E-state index contributed by atoms with van der Waals surface area (Å²) in [5.74, 6) is 1.04. The van der Waals surface area contributed by atoms with Gasteiger partial charge in [-0.25, -0.2) is 19.6 Å².